The first-order valence-corrected chi connectivity index (χ1v) is 7.96. The Balaban J connectivity index is 1.82. The number of ether oxygens (including phenoxy) is 1. The number of aromatic amines is 1. The molecule has 1 heterocycles. The summed E-state index contributed by atoms with van der Waals surface area (Å²) in [5.74, 6) is -0.330. The summed E-state index contributed by atoms with van der Waals surface area (Å²) >= 11 is 0. The smallest absolute Gasteiger partial charge is 0.395 e. The minimum atomic E-state index is -1.03. The van der Waals surface area contributed by atoms with Gasteiger partial charge in [0.25, 0.3) is 5.88 Å². The lowest BCUT2D eigenvalue weighted by atomic mass is 10.2. The fourth-order valence-electron chi connectivity index (χ4n) is 2.37. The van der Waals surface area contributed by atoms with E-state index in [0.717, 1.165) is 5.56 Å². The van der Waals surface area contributed by atoms with Crippen molar-refractivity contribution in [3.05, 3.63) is 92.0 Å². The van der Waals surface area contributed by atoms with E-state index in [4.69, 9.17) is 4.74 Å². The highest BCUT2D eigenvalue weighted by molar-refractivity contribution is 5.70. The van der Waals surface area contributed by atoms with Gasteiger partial charge in [0, 0.05) is 5.56 Å². The van der Waals surface area contributed by atoms with Crippen LogP contribution in [0.3, 0.4) is 0 Å². The van der Waals surface area contributed by atoms with Crippen molar-refractivity contribution in [2.45, 2.75) is 6.61 Å². The Morgan fingerprint density at radius 2 is 1.81 bits per heavy atom. The number of H-pyrrole nitrogens is 1. The molecule has 0 atom stereocenters. The van der Waals surface area contributed by atoms with Crippen molar-refractivity contribution in [2.75, 3.05) is 0 Å². The van der Waals surface area contributed by atoms with Crippen molar-refractivity contribution < 1.29 is 14.8 Å². The number of nitro groups is 1. The molecule has 2 aromatic carbocycles. The molecule has 2 N–H and O–H groups in total. The number of hydrogen-bond donors (Lipinski definition) is 2. The van der Waals surface area contributed by atoms with Gasteiger partial charge in [-0.1, -0.05) is 48.5 Å². The Labute approximate surface area is 153 Å². The summed E-state index contributed by atoms with van der Waals surface area (Å²) in [6, 6.07) is 16.9. The van der Waals surface area contributed by atoms with Crippen molar-refractivity contribution in [3.8, 4) is 11.6 Å². The third-order valence-electron chi connectivity index (χ3n) is 3.65. The maximum Gasteiger partial charge on any atom is 0.395 e. The second-order valence-corrected chi connectivity index (χ2v) is 5.53. The van der Waals surface area contributed by atoms with Gasteiger partial charge in [0.1, 0.15) is 18.2 Å². The minimum Gasteiger partial charge on any atom is -0.488 e. The van der Waals surface area contributed by atoms with Crippen LogP contribution in [-0.4, -0.2) is 20.0 Å². The molecule has 0 unspecified atom stereocenters. The summed E-state index contributed by atoms with van der Waals surface area (Å²) in [5.41, 5.74) is -0.281. The summed E-state index contributed by atoms with van der Waals surface area (Å²) < 4.78 is 5.83. The van der Waals surface area contributed by atoms with Crippen LogP contribution in [0.25, 0.3) is 12.2 Å². The Hall–Kier alpha value is -3.94. The monoisotopic (exact) mass is 365 g/mol. The third kappa shape index (κ3) is 4.37. The number of nitrogens with zero attached hydrogens (tertiary/aromatic N) is 2. The van der Waals surface area contributed by atoms with Crippen LogP contribution in [-0.2, 0) is 6.61 Å². The molecule has 0 aliphatic rings. The molecular formula is C19H15N3O5. The molecule has 8 nitrogen and oxygen atoms in total. The van der Waals surface area contributed by atoms with Crippen LogP contribution in [0.5, 0.6) is 11.6 Å². The van der Waals surface area contributed by atoms with Crippen LogP contribution in [0.4, 0.5) is 5.69 Å². The first-order valence-electron chi connectivity index (χ1n) is 7.96. The minimum absolute atomic E-state index is 0.0130. The Bertz CT molecular complexity index is 1040. The second-order valence-electron chi connectivity index (χ2n) is 5.53. The summed E-state index contributed by atoms with van der Waals surface area (Å²) in [6.45, 7) is 0.388. The fourth-order valence-corrected chi connectivity index (χ4v) is 2.37. The molecule has 0 aliphatic heterocycles. The number of aromatic nitrogens is 2. The highest BCUT2D eigenvalue weighted by atomic mass is 16.6. The zero-order chi connectivity index (χ0) is 19.2. The standard InChI is InChI=1S/C19H15N3O5/c23-18-17(22(25)26)19(24)21-16(20-18)11-10-14-8-4-5-9-15(14)27-12-13-6-2-1-3-7-13/h1-11H,12H2,(H2,20,21,23,24). The van der Waals surface area contributed by atoms with E-state index < -0.39 is 22.0 Å². The quantitative estimate of drug-likeness (QED) is 0.512. The SMILES string of the molecule is O=c1[nH]c(C=Cc2ccccc2OCc2ccccc2)nc(O)c1[N+](=O)[O-]. The van der Waals surface area contributed by atoms with Gasteiger partial charge in [0.15, 0.2) is 0 Å². The highest BCUT2D eigenvalue weighted by Crippen LogP contribution is 2.22. The zero-order valence-electron chi connectivity index (χ0n) is 14.0. The van der Waals surface area contributed by atoms with Crippen molar-refractivity contribution in [1.82, 2.24) is 9.97 Å². The van der Waals surface area contributed by atoms with Gasteiger partial charge in [-0.3, -0.25) is 14.9 Å². The predicted molar refractivity (Wildman–Crippen MR) is 99.3 cm³/mol. The maximum absolute atomic E-state index is 11.7. The van der Waals surface area contributed by atoms with Gasteiger partial charge < -0.3 is 14.8 Å². The average molecular weight is 365 g/mol. The summed E-state index contributed by atoms with van der Waals surface area (Å²) in [4.78, 5) is 27.3. The molecule has 0 radical (unpaired) electrons. The van der Waals surface area contributed by atoms with E-state index in [1.54, 1.807) is 18.2 Å². The molecule has 0 bridgehead atoms. The molecule has 3 rings (SSSR count). The maximum atomic E-state index is 11.7. The number of aromatic hydroxyl groups is 1. The average Bonchev–Trinajstić information content (AvgIpc) is 2.65. The predicted octanol–water partition coefficient (Wildman–Crippen LogP) is 3.13. The van der Waals surface area contributed by atoms with Crippen LogP contribution < -0.4 is 10.3 Å². The van der Waals surface area contributed by atoms with Gasteiger partial charge in [0.05, 0.1) is 4.92 Å². The van der Waals surface area contributed by atoms with Crippen molar-refractivity contribution in [2.24, 2.45) is 0 Å². The van der Waals surface area contributed by atoms with E-state index in [-0.39, 0.29) is 5.82 Å². The van der Waals surface area contributed by atoms with E-state index in [1.165, 1.54) is 6.08 Å². The zero-order valence-corrected chi connectivity index (χ0v) is 14.0. The number of rotatable bonds is 6. The molecular weight excluding hydrogens is 350 g/mol. The Morgan fingerprint density at radius 1 is 1.11 bits per heavy atom. The summed E-state index contributed by atoms with van der Waals surface area (Å²) in [5, 5.41) is 20.3. The summed E-state index contributed by atoms with van der Waals surface area (Å²) in [7, 11) is 0. The lowest BCUT2D eigenvalue weighted by molar-refractivity contribution is -0.387. The van der Waals surface area contributed by atoms with E-state index >= 15 is 0 Å². The highest BCUT2D eigenvalue weighted by Gasteiger charge is 2.21. The molecule has 0 saturated heterocycles. The Kier molecular flexibility index (Phi) is 5.27. The molecule has 0 spiro atoms. The normalized spacial score (nSPS) is 10.8. The summed E-state index contributed by atoms with van der Waals surface area (Å²) in [6.07, 6.45) is 3.05. The van der Waals surface area contributed by atoms with Crippen LogP contribution in [0.1, 0.15) is 17.0 Å². The van der Waals surface area contributed by atoms with Crippen LogP contribution in [0, 0.1) is 10.1 Å². The van der Waals surface area contributed by atoms with Crippen molar-refractivity contribution in [3.63, 3.8) is 0 Å². The van der Waals surface area contributed by atoms with Crippen molar-refractivity contribution >= 4 is 17.8 Å². The second kappa shape index (κ2) is 7.96. The molecule has 0 fully saturated rings. The molecule has 0 aliphatic carbocycles. The van der Waals surface area contributed by atoms with E-state index in [9.17, 15) is 20.0 Å². The molecule has 136 valence electrons. The lowest BCUT2D eigenvalue weighted by Gasteiger charge is -2.09. The van der Waals surface area contributed by atoms with E-state index in [1.807, 2.05) is 42.5 Å². The largest absolute Gasteiger partial charge is 0.488 e. The molecule has 8 heteroatoms. The number of para-hydroxylation sites is 1. The number of nitrogens with one attached hydrogen (secondary N) is 1. The fraction of sp³-hybridized carbons (Fsp3) is 0.0526. The third-order valence-corrected chi connectivity index (χ3v) is 3.65. The van der Waals surface area contributed by atoms with Gasteiger partial charge in [-0.2, -0.15) is 4.98 Å². The lowest BCUT2D eigenvalue weighted by Crippen LogP contribution is -2.14. The van der Waals surface area contributed by atoms with Crippen LogP contribution in [0.2, 0.25) is 0 Å². The molecule has 0 saturated carbocycles. The first kappa shape index (κ1) is 17.9. The topological polar surface area (TPSA) is 118 Å². The van der Waals surface area contributed by atoms with E-state index in [0.29, 0.717) is 17.9 Å². The Morgan fingerprint density at radius 3 is 2.52 bits per heavy atom. The molecule has 3 aromatic rings. The molecule has 27 heavy (non-hydrogen) atoms. The van der Waals surface area contributed by atoms with Crippen LogP contribution >= 0.6 is 0 Å². The number of benzene rings is 2. The van der Waals surface area contributed by atoms with Gasteiger partial charge in [0.2, 0.25) is 0 Å². The van der Waals surface area contributed by atoms with E-state index in [2.05, 4.69) is 9.97 Å². The van der Waals surface area contributed by atoms with Crippen LogP contribution in [0.15, 0.2) is 59.4 Å². The van der Waals surface area contributed by atoms with Gasteiger partial charge in [-0.15, -0.1) is 0 Å². The van der Waals surface area contributed by atoms with Gasteiger partial charge >= 0.3 is 11.2 Å². The number of hydrogen-bond acceptors (Lipinski definition) is 6. The van der Waals surface area contributed by atoms with Gasteiger partial charge in [-0.05, 0) is 23.8 Å². The van der Waals surface area contributed by atoms with Crippen molar-refractivity contribution in [1.29, 1.82) is 0 Å². The van der Waals surface area contributed by atoms with Gasteiger partial charge in [-0.25, -0.2) is 0 Å². The molecule has 1 aromatic heterocycles. The molecule has 0 amide bonds. The first-order chi connectivity index (χ1) is 13.0.